The second kappa shape index (κ2) is 5.37. The van der Waals surface area contributed by atoms with Gasteiger partial charge in [-0.3, -0.25) is 4.68 Å². The van der Waals surface area contributed by atoms with Crippen molar-refractivity contribution in [3.63, 3.8) is 0 Å². The summed E-state index contributed by atoms with van der Waals surface area (Å²) in [6.07, 6.45) is 0. The Bertz CT molecular complexity index is 467. The third-order valence-electron chi connectivity index (χ3n) is 2.51. The van der Waals surface area contributed by atoms with Crippen LogP contribution in [0, 0.1) is 0 Å². The van der Waals surface area contributed by atoms with Crippen LogP contribution in [-0.2, 0) is 12.3 Å². The summed E-state index contributed by atoms with van der Waals surface area (Å²) in [4.78, 5) is 0. The van der Waals surface area contributed by atoms with Gasteiger partial charge < -0.3 is 5.11 Å². The Hall–Kier alpha value is -1.00. The number of benzene rings is 1. The van der Waals surface area contributed by atoms with Crippen LogP contribution in [-0.4, -0.2) is 27.2 Å². The van der Waals surface area contributed by atoms with Gasteiger partial charge >= 0.3 is 0 Å². The molecule has 16 heavy (non-hydrogen) atoms. The highest BCUT2D eigenvalue weighted by Crippen LogP contribution is 2.22. The van der Waals surface area contributed by atoms with E-state index in [0.29, 0.717) is 0 Å². The molecule has 1 N–H and O–H groups in total. The Morgan fingerprint density at radius 1 is 1.38 bits per heavy atom. The summed E-state index contributed by atoms with van der Waals surface area (Å²) >= 11 is 1.72. The quantitative estimate of drug-likeness (QED) is 0.809. The normalized spacial score (nSPS) is 11.1. The van der Waals surface area contributed by atoms with Crippen LogP contribution >= 0.6 is 11.8 Å². The first-order valence-corrected chi connectivity index (χ1v) is 6.65. The molecular formula is C12H16N2OS. The van der Waals surface area contributed by atoms with Crippen LogP contribution in [0.15, 0.2) is 24.3 Å². The molecule has 0 saturated carbocycles. The molecule has 4 heteroatoms. The van der Waals surface area contributed by atoms with Gasteiger partial charge in [0, 0.05) is 23.4 Å². The van der Waals surface area contributed by atoms with E-state index in [0.717, 1.165) is 23.7 Å². The number of thioether (sulfide) groups is 1. The molecule has 0 amide bonds. The van der Waals surface area contributed by atoms with Crippen LogP contribution < -0.4 is 0 Å². The number of para-hydroxylation sites is 1. The van der Waals surface area contributed by atoms with Crippen molar-refractivity contribution in [2.24, 2.45) is 0 Å². The van der Waals surface area contributed by atoms with Crippen LogP contribution in [0.2, 0.25) is 0 Å². The third kappa shape index (κ3) is 2.23. The van der Waals surface area contributed by atoms with Gasteiger partial charge in [0.1, 0.15) is 0 Å². The van der Waals surface area contributed by atoms with E-state index in [-0.39, 0.29) is 6.61 Å². The SMILES string of the molecule is CCn1nc(CSCCO)c2ccccc21. The van der Waals surface area contributed by atoms with Crippen LogP contribution in [0.1, 0.15) is 12.6 Å². The molecule has 0 unspecified atom stereocenters. The fourth-order valence-corrected chi connectivity index (χ4v) is 2.46. The van der Waals surface area contributed by atoms with E-state index in [9.17, 15) is 0 Å². The second-order valence-electron chi connectivity index (χ2n) is 3.56. The van der Waals surface area contributed by atoms with Crippen molar-refractivity contribution in [3.05, 3.63) is 30.0 Å². The lowest BCUT2D eigenvalue weighted by Gasteiger charge is -1.96. The molecule has 0 saturated heterocycles. The van der Waals surface area contributed by atoms with Crippen molar-refractivity contribution < 1.29 is 5.11 Å². The van der Waals surface area contributed by atoms with Crippen molar-refractivity contribution in [1.82, 2.24) is 9.78 Å². The largest absolute Gasteiger partial charge is 0.396 e. The lowest BCUT2D eigenvalue weighted by Crippen LogP contribution is -1.96. The lowest BCUT2D eigenvalue weighted by atomic mass is 10.2. The average molecular weight is 236 g/mol. The number of nitrogens with zero attached hydrogens (tertiary/aromatic N) is 2. The van der Waals surface area contributed by atoms with Gasteiger partial charge in [-0.2, -0.15) is 16.9 Å². The topological polar surface area (TPSA) is 38.0 Å². The Morgan fingerprint density at radius 2 is 2.19 bits per heavy atom. The van der Waals surface area contributed by atoms with Gasteiger partial charge in [-0.25, -0.2) is 0 Å². The number of rotatable bonds is 5. The second-order valence-corrected chi connectivity index (χ2v) is 4.66. The van der Waals surface area contributed by atoms with Gasteiger partial charge in [0.05, 0.1) is 17.8 Å². The van der Waals surface area contributed by atoms with Gasteiger partial charge in [0.2, 0.25) is 0 Å². The molecule has 2 rings (SSSR count). The fourth-order valence-electron chi connectivity index (χ4n) is 1.78. The number of fused-ring (bicyclic) bond motifs is 1. The smallest absolute Gasteiger partial charge is 0.0802 e. The predicted molar refractivity (Wildman–Crippen MR) is 68.7 cm³/mol. The summed E-state index contributed by atoms with van der Waals surface area (Å²) in [5, 5.41) is 14.6. The van der Waals surface area contributed by atoms with E-state index < -0.39 is 0 Å². The molecule has 86 valence electrons. The number of aryl methyl sites for hydroxylation is 1. The molecule has 2 aromatic rings. The van der Waals surface area contributed by atoms with Gasteiger partial charge in [-0.15, -0.1) is 0 Å². The van der Waals surface area contributed by atoms with Crippen LogP contribution in [0.3, 0.4) is 0 Å². The number of hydrogen-bond donors (Lipinski definition) is 1. The molecule has 1 aromatic carbocycles. The Kier molecular flexibility index (Phi) is 3.85. The maximum Gasteiger partial charge on any atom is 0.0802 e. The lowest BCUT2D eigenvalue weighted by molar-refractivity contribution is 0.322. The summed E-state index contributed by atoms with van der Waals surface area (Å²) in [6, 6.07) is 8.31. The van der Waals surface area contributed by atoms with Crippen molar-refractivity contribution in [2.75, 3.05) is 12.4 Å². The van der Waals surface area contributed by atoms with Crippen molar-refractivity contribution in [2.45, 2.75) is 19.2 Å². The molecule has 1 heterocycles. The highest BCUT2D eigenvalue weighted by Gasteiger charge is 2.08. The molecule has 0 aliphatic carbocycles. The van der Waals surface area contributed by atoms with E-state index in [2.05, 4.69) is 24.2 Å². The van der Waals surface area contributed by atoms with E-state index in [1.165, 1.54) is 10.9 Å². The molecule has 3 nitrogen and oxygen atoms in total. The molecule has 1 aromatic heterocycles. The molecular weight excluding hydrogens is 220 g/mol. The van der Waals surface area contributed by atoms with Crippen LogP contribution in [0.5, 0.6) is 0 Å². The molecule has 0 bridgehead atoms. The van der Waals surface area contributed by atoms with E-state index in [1.54, 1.807) is 11.8 Å². The average Bonchev–Trinajstić information content (AvgIpc) is 2.68. The fraction of sp³-hybridized carbons (Fsp3) is 0.417. The zero-order chi connectivity index (χ0) is 11.4. The molecule has 0 atom stereocenters. The summed E-state index contributed by atoms with van der Waals surface area (Å²) in [5.74, 6) is 1.64. The standard InChI is InChI=1S/C12H16N2OS/c1-2-14-12-6-4-3-5-10(12)11(13-14)9-16-8-7-15/h3-6,15H,2,7-9H2,1H3. The number of aliphatic hydroxyl groups is 1. The number of aliphatic hydroxyl groups excluding tert-OH is 1. The van der Waals surface area contributed by atoms with Crippen molar-refractivity contribution >= 4 is 22.7 Å². The predicted octanol–water partition coefficient (Wildman–Crippen LogP) is 2.28. The van der Waals surface area contributed by atoms with Crippen LogP contribution in [0.4, 0.5) is 0 Å². The minimum absolute atomic E-state index is 0.233. The molecule has 0 fully saturated rings. The minimum atomic E-state index is 0.233. The van der Waals surface area contributed by atoms with Crippen molar-refractivity contribution in [1.29, 1.82) is 0 Å². The summed E-state index contributed by atoms with van der Waals surface area (Å²) in [5.41, 5.74) is 2.32. The van der Waals surface area contributed by atoms with Gasteiger partial charge in [-0.05, 0) is 13.0 Å². The first-order valence-electron chi connectivity index (χ1n) is 5.50. The zero-order valence-electron chi connectivity index (χ0n) is 9.39. The number of hydrogen-bond acceptors (Lipinski definition) is 3. The highest BCUT2D eigenvalue weighted by atomic mass is 32.2. The molecule has 0 spiro atoms. The third-order valence-corrected chi connectivity index (χ3v) is 3.46. The summed E-state index contributed by atoms with van der Waals surface area (Å²) in [6.45, 7) is 3.23. The van der Waals surface area contributed by atoms with Gasteiger partial charge in [0.25, 0.3) is 0 Å². The van der Waals surface area contributed by atoms with E-state index in [1.807, 2.05) is 16.8 Å². The van der Waals surface area contributed by atoms with Crippen molar-refractivity contribution in [3.8, 4) is 0 Å². The summed E-state index contributed by atoms with van der Waals surface area (Å²) < 4.78 is 2.03. The Balaban J connectivity index is 2.30. The van der Waals surface area contributed by atoms with Gasteiger partial charge in [0.15, 0.2) is 0 Å². The molecule has 0 radical (unpaired) electrons. The monoisotopic (exact) mass is 236 g/mol. The molecule has 0 aliphatic rings. The first kappa shape index (κ1) is 11.5. The highest BCUT2D eigenvalue weighted by molar-refractivity contribution is 7.98. The van der Waals surface area contributed by atoms with E-state index in [4.69, 9.17) is 5.11 Å². The zero-order valence-corrected chi connectivity index (χ0v) is 10.2. The summed E-state index contributed by atoms with van der Waals surface area (Å²) in [7, 11) is 0. The Morgan fingerprint density at radius 3 is 2.94 bits per heavy atom. The van der Waals surface area contributed by atoms with Gasteiger partial charge in [-0.1, -0.05) is 18.2 Å². The Labute approximate surface area is 99.5 Å². The number of aromatic nitrogens is 2. The van der Waals surface area contributed by atoms with Crippen LogP contribution in [0.25, 0.3) is 10.9 Å². The maximum atomic E-state index is 8.76. The molecule has 0 aliphatic heterocycles. The van der Waals surface area contributed by atoms with E-state index >= 15 is 0 Å². The minimum Gasteiger partial charge on any atom is -0.396 e. The maximum absolute atomic E-state index is 8.76. The first-order chi connectivity index (χ1) is 7.86.